The summed E-state index contributed by atoms with van der Waals surface area (Å²) in [7, 11) is -3.33. The number of amides is 1. The summed E-state index contributed by atoms with van der Waals surface area (Å²) in [5.74, 6) is 0.721. The van der Waals surface area contributed by atoms with E-state index >= 15 is 0 Å². The minimum absolute atomic E-state index is 0.0567. The first-order valence-corrected chi connectivity index (χ1v) is 10.4. The van der Waals surface area contributed by atoms with Crippen LogP contribution in [0.25, 0.3) is 0 Å². The van der Waals surface area contributed by atoms with E-state index in [1.807, 2.05) is 6.92 Å². The fourth-order valence-electron chi connectivity index (χ4n) is 2.55. The Morgan fingerprint density at radius 2 is 1.78 bits per heavy atom. The average molecular weight is 411 g/mol. The number of ether oxygens (including phenoxy) is 2. The van der Waals surface area contributed by atoms with Crippen molar-refractivity contribution in [3.05, 3.63) is 40.9 Å². The third kappa shape index (κ3) is 4.64. The number of anilines is 2. The molecule has 0 spiro atoms. The van der Waals surface area contributed by atoms with Crippen molar-refractivity contribution < 1.29 is 22.7 Å². The Labute approximate surface area is 162 Å². The second-order valence-corrected chi connectivity index (χ2v) is 8.55. The van der Waals surface area contributed by atoms with E-state index in [0.29, 0.717) is 41.1 Å². The van der Waals surface area contributed by atoms with E-state index in [2.05, 4.69) is 10.6 Å². The lowest BCUT2D eigenvalue weighted by Crippen LogP contribution is -2.23. The van der Waals surface area contributed by atoms with Crippen molar-refractivity contribution in [2.45, 2.75) is 11.8 Å². The summed E-state index contributed by atoms with van der Waals surface area (Å²) in [6.07, 6.45) is 1.14. The minimum atomic E-state index is -3.33. The van der Waals surface area contributed by atoms with Gasteiger partial charge in [-0.15, -0.1) is 0 Å². The summed E-state index contributed by atoms with van der Waals surface area (Å²) in [5.41, 5.74) is 1.81. The van der Waals surface area contributed by atoms with E-state index < -0.39 is 9.84 Å². The largest absolute Gasteiger partial charge is 0.486 e. The molecule has 0 aromatic heterocycles. The smallest absolute Gasteiger partial charge is 0.243 e. The minimum Gasteiger partial charge on any atom is -0.486 e. The highest BCUT2D eigenvalue weighted by molar-refractivity contribution is 7.90. The van der Waals surface area contributed by atoms with E-state index in [1.165, 1.54) is 12.1 Å². The average Bonchev–Trinajstić information content (AvgIpc) is 2.60. The van der Waals surface area contributed by atoms with Gasteiger partial charge in [-0.3, -0.25) is 4.79 Å². The fourth-order valence-corrected chi connectivity index (χ4v) is 3.40. The van der Waals surface area contributed by atoms with E-state index in [4.69, 9.17) is 21.1 Å². The fraction of sp³-hybridized carbons (Fsp3) is 0.278. The van der Waals surface area contributed by atoms with Crippen molar-refractivity contribution in [2.24, 2.45) is 0 Å². The van der Waals surface area contributed by atoms with Gasteiger partial charge in [0.1, 0.15) is 13.2 Å². The van der Waals surface area contributed by atoms with E-state index in [1.54, 1.807) is 18.2 Å². The number of fused-ring (bicyclic) bond motifs is 1. The molecule has 27 heavy (non-hydrogen) atoms. The van der Waals surface area contributed by atoms with Gasteiger partial charge >= 0.3 is 0 Å². The molecule has 2 N–H and O–H groups in total. The summed E-state index contributed by atoms with van der Waals surface area (Å²) in [6.45, 7) is 2.65. The highest BCUT2D eigenvalue weighted by Crippen LogP contribution is 2.37. The topological polar surface area (TPSA) is 93.7 Å². The molecular formula is C18H19ClN2O5S. The number of rotatable bonds is 5. The van der Waals surface area contributed by atoms with Crippen LogP contribution in [0.1, 0.15) is 5.56 Å². The van der Waals surface area contributed by atoms with Crippen molar-refractivity contribution in [1.29, 1.82) is 0 Å². The molecule has 0 fully saturated rings. The molecule has 2 aromatic rings. The molecule has 7 nitrogen and oxygen atoms in total. The maximum absolute atomic E-state index is 12.3. The lowest BCUT2D eigenvalue weighted by atomic mass is 10.2. The lowest BCUT2D eigenvalue weighted by Gasteiger charge is -2.20. The number of hydrogen-bond acceptors (Lipinski definition) is 6. The molecule has 1 aliphatic rings. The Morgan fingerprint density at radius 3 is 2.44 bits per heavy atom. The third-order valence-corrected chi connectivity index (χ3v) is 5.41. The quantitative estimate of drug-likeness (QED) is 0.787. The zero-order valence-electron chi connectivity index (χ0n) is 14.8. The van der Waals surface area contributed by atoms with Crippen LogP contribution in [0, 0.1) is 6.92 Å². The van der Waals surface area contributed by atoms with Gasteiger partial charge in [-0.1, -0.05) is 17.7 Å². The van der Waals surface area contributed by atoms with Crippen LogP contribution in [-0.4, -0.2) is 40.3 Å². The maximum atomic E-state index is 12.3. The highest BCUT2D eigenvalue weighted by Gasteiger charge is 2.16. The van der Waals surface area contributed by atoms with E-state index in [-0.39, 0.29) is 17.3 Å². The number of carbonyl (C=O) groups excluding carboxylic acids is 1. The molecule has 3 rings (SSSR count). The lowest BCUT2D eigenvalue weighted by molar-refractivity contribution is -0.114. The zero-order chi connectivity index (χ0) is 19.6. The van der Waals surface area contributed by atoms with Crippen LogP contribution in [0.15, 0.2) is 35.2 Å². The van der Waals surface area contributed by atoms with Gasteiger partial charge in [-0.2, -0.15) is 0 Å². The van der Waals surface area contributed by atoms with E-state index in [0.717, 1.165) is 11.8 Å². The summed E-state index contributed by atoms with van der Waals surface area (Å²) >= 11 is 6.18. The van der Waals surface area contributed by atoms with Gasteiger partial charge in [0.25, 0.3) is 0 Å². The Bertz CT molecular complexity index is 991. The van der Waals surface area contributed by atoms with Gasteiger partial charge in [0.15, 0.2) is 21.3 Å². The summed E-state index contributed by atoms with van der Waals surface area (Å²) in [5, 5.41) is 6.00. The van der Waals surface area contributed by atoms with Crippen LogP contribution in [0.4, 0.5) is 11.4 Å². The van der Waals surface area contributed by atoms with Crippen LogP contribution in [0.5, 0.6) is 11.5 Å². The van der Waals surface area contributed by atoms with Crippen molar-refractivity contribution in [1.82, 2.24) is 0 Å². The number of hydrogen-bond donors (Lipinski definition) is 2. The Kier molecular flexibility index (Phi) is 5.48. The molecule has 0 atom stereocenters. The number of halogens is 1. The zero-order valence-corrected chi connectivity index (χ0v) is 16.4. The van der Waals surface area contributed by atoms with Crippen molar-refractivity contribution >= 4 is 38.7 Å². The summed E-state index contributed by atoms with van der Waals surface area (Å²) in [6, 6.07) is 7.94. The van der Waals surface area contributed by atoms with Crippen LogP contribution in [0.2, 0.25) is 5.02 Å². The number of benzene rings is 2. The Balaban J connectivity index is 1.69. The maximum Gasteiger partial charge on any atom is 0.243 e. The molecular weight excluding hydrogens is 392 g/mol. The number of carbonyl (C=O) groups is 1. The van der Waals surface area contributed by atoms with Crippen molar-refractivity contribution in [2.75, 3.05) is 36.6 Å². The second-order valence-electron chi connectivity index (χ2n) is 6.13. The second kappa shape index (κ2) is 7.66. The molecule has 2 aromatic carbocycles. The van der Waals surface area contributed by atoms with Crippen LogP contribution < -0.4 is 20.1 Å². The van der Waals surface area contributed by atoms with Crippen molar-refractivity contribution in [3.63, 3.8) is 0 Å². The standard InChI is InChI=1S/C18H19ClN2O5S/c1-11-3-4-12(27(2,23)24)7-14(11)20-10-18(22)21-15-9-17-16(8-13(15)19)25-5-6-26-17/h3-4,7-9,20H,5-6,10H2,1-2H3,(H,21,22). The van der Waals surface area contributed by atoms with Gasteiger partial charge in [0, 0.05) is 24.1 Å². The molecule has 9 heteroatoms. The van der Waals surface area contributed by atoms with Crippen LogP contribution in [-0.2, 0) is 14.6 Å². The molecule has 1 aliphatic heterocycles. The molecule has 0 aliphatic carbocycles. The summed E-state index contributed by atoms with van der Waals surface area (Å²) < 4.78 is 34.3. The first-order chi connectivity index (χ1) is 12.7. The van der Waals surface area contributed by atoms with E-state index in [9.17, 15) is 13.2 Å². The number of sulfone groups is 1. The Morgan fingerprint density at radius 1 is 1.11 bits per heavy atom. The van der Waals surface area contributed by atoms with Crippen LogP contribution >= 0.6 is 11.6 Å². The predicted molar refractivity (Wildman–Crippen MR) is 104 cm³/mol. The monoisotopic (exact) mass is 410 g/mol. The Hall–Kier alpha value is -2.45. The SMILES string of the molecule is Cc1ccc(S(C)(=O)=O)cc1NCC(=O)Nc1cc2c(cc1Cl)OCCO2. The van der Waals surface area contributed by atoms with Gasteiger partial charge < -0.3 is 20.1 Å². The van der Waals surface area contributed by atoms with Gasteiger partial charge in [0.2, 0.25) is 5.91 Å². The molecule has 0 bridgehead atoms. The van der Waals surface area contributed by atoms with Crippen molar-refractivity contribution in [3.8, 4) is 11.5 Å². The normalized spacial score (nSPS) is 13.1. The molecule has 144 valence electrons. The first kappa shape index (κ1) is 19.3. The molecule has 0 unspecified atom stereocenters. The number of nitrogens with one attached hydrogen (secondary N) is 2. The van der Waals surface area contributed by atoms with Crippen LogP contribution in [0.3, 0.4) is 0 Å². The highest BCUT2D eigenvalue weighted by atomic mass is 35.5. The molecule has 1 heterocycles. The molecule has 1 amide bonds. The van der Waals surface area contributed by atoms with Gasteiger partial charge in [0.05, 0.1) is 22.2 Å². The predicted octanol–water partition coefficient (Wildman–Crippen LogP) is 2.87. The molecule has 0 saturated heterocycles. The van der Waals surface area contributed by atoms with Gasteiger partial charge in [-0.05, 0) is 24.6 Å². The third-order valence-electron chi connectivity index (χ3n) is 3.98. The summed E-state index contributed by atoms with van der Waals surface area (Å²) in [4.78, 5) is 12.5. The molecule has 0 saturated carbocycles. The number of aryl methyl sites for hydroxylation is 1. The van der Waals surface area contributed by atoms with Gasteiger partial charge in [-0.25, -0.2) is 8.42 Å². The first-order valence-electron chi connectivity index (χ1n) is 8.17. The molecule has 0 radical (unpaired) electrons.